The lowest BCUT2D eigenvalue weighted by molar-refractivity contribution is 0.396. The second-order valence-electron chi connectivity index (χ2n) is 3.90. The Labute approximate surface area is 110 Å². The number of thiazole rings is 1. The van der Waals surface area contributed by atoms with Crippen molar-refractivity contribution in [3.63, 3.8) is 0 Å². The first-order valence-corrected chi connectivity index (χ1v) is 6.60. The van der Waals surface area contributed by atoms with Gasteiger partial charge in [0.1, 0.15) is 11.6 Å². The van der Waals surface area contributed by atoms with E-state index >= 15 is 0 Å². The average Bonchev–Trinajstić information content (AvgIpc) is 2.74. The summed E-state index contributed by atoms with van der Waals surface area (Å²) in [5.74, 6) is 2.06. The molecule has 0 aromatic carbocycles. The topological polar surface area (TPSA) is 59.9 Å². The maximum absolute atomic E-state index is 5.10. The summed E-state index contributed by atoms with van der Waals surface area (Å²) >= 11 is 1.69. The fraction of sp³-hybridized carbons (Fsp3) is 0.417. The van der Waals surface area contributed by atoms with Gasteiger partial charge in [-0.25, -0.2) is 9.97 Å². The summed E-state index contributed by atoms with van der Waals surface area (Å²) in [6.45, 7) is 4.65. The van der Waals surface area contributed by atoms with Crippen LogP contribution in [-0.2, 0) is 6.42 Å². The number of anilines is 1. The van der Waals surface area contributed by atoms with E-state index in [0.29, 0.717) is 11.7 Å². The van der Waals surface area contributed by atoms with Crippen molar-refractivity contribution < 1.29 is 4.74 Å². The number of rotatable bonds is 5. The van der Waals surface area contributed by atoms with Gasteiger partial charge in [-0.15, -0.1) is 11.3 Å². The third-order valence-corrected chi connectivity index (χ3v) is 3.36. The van der Waals surface area contributed by atoms with E-state index in [2.05, 4.69) is 25.6 Å². The van der Waals surface area contributed by atoms with E-state index < -0.39 is 0 Å². The van der Waals surface area contributed by atoms with Gasteiger partial charge < -0.3 is 10.1 Å². The van der Waals surface area contributed by atoms with Gasteiger partial charge in [0.25, 0.3) is 0 Å². The van der Waals surface area contributed by atoms with E-state index in [1.807, 2.05) is 13.8 Å². The quantitative estimate of drug-likeness (QED) is 0.897. The van der Waals surface area contributed by atoms with Gasteiger partial charge in [-0.3, -0.25) is 0 Å². The first-order valence-electron chi connectivity index (χ1n) is 5.72. The summed E-state index contributed by atoms with van der Waals surface area (Å²) < 4.78 is 5.10. The van der Waals surface area contributed by atoms with Crippen LogP contribution in [-0.4, -0.2) is 28.6 Å². The molecule has 2 aromatic rings. The number of nitrogens with zero attached hydrogens (tertiary/aromatic N) is 3. The zero-order valence-electron chi connectivity index (χ0n) is 10.7. The van der Waals surface area contributed by atoms with Crippen LogP contribution in [0.1, 0.15) is 16.5 Å². The molecule has 96 valence electrons. The van der Waals surface area contributed by atoms with Gasteiger partial charge in [-0.05, 0) is 13.8 Å². The summed E-state index contributed by atoms with van der Waals surface area (Å²) in [4.78, 5) is 12.9. The molecule has 0 bridgehead atoms. The number of ether oxygens (including phenoxy) is 1. The smallest absolute Gasteiger partial charge is 0.218 e. The molecule has 5 nitrogen and oxygen atoms in total. The van der Waals surface area contributed by atoms with Gasteiger partial charge in [-0.2, -0.15) is 4.98 Å². The van der Waals surface area contributed by atoms with Crippen molar-refractivity contribution in [2.45, 2.75) is 20.3 Å². The minimum atomic E-state index is 0.579. The Balaban J connectivity index is 1.91. The first-order chi connectivity index (χ1) is 8.67. The van der Waals surface area contributed by atoms with Crippen LogP contribution < -0.4 is 10.1 Å². The van der Waals surface area contributed by atoms with Crippen LogP contribution in [0, 0.1) is 13.8 Å². The summed E-state index contributed by atoms with van der Waals surface area (Å²) in [5, 5.41) is 6.45. The summed E-state index contributed by atoms with van der Waals surface area (Å²) in [6.07, 6.45) is 0.893. The molecule has 0 aliphatic carbocycles. The molecule has 0 aliphatic rings. The fourth-order valence-corrected chi connectivity index (χ4v) is 2.33. The van der Waals surface area contributed by atoms with Gasteiger partial charge in [0.05, 0.1) is 12.1 Å². The number of aryl methyl sites for hydroxylation is 2. The Morgan fingerprint density at radius 3 is 2.78 bits per heavy atom. The lowest BCUT2D eigenvalue weighted by atomic mass is 10.4. The minimum absolute atomic E-state index is 0.579. The van der Waals surface area contributed by atoms with Crippen molar-refractivity contribution in [1.29, 1.82) is 0 Å². The number of nitrogens with one attached hydrogen (secondary N) is 1. The highest BCUT2D eigenvalue weighted by Crippen LogP contribution is 2.13. The third kappa shape index (κ3) is 3.40. The van der Waals surface area contributed by atoms with Crippen molar-refractivity contribution in [3.05, 3.63) is 28.0 Å². The maximum Gasteiger partial charge on any atom is 0.218 e. The van der Waals surface area contributed by atoms with E-state index in [-0.39, 0.29) is 0 Å². The molecule has 18 heavy (non-hydrogen) atoms. The number of aromatic nitrogens is 3. The number of hydrogen-bond donors (Lipinski definition) is 1. The van der Waals surface area contributed by atoms with E-state index in [1.165, 1.54) is 0 Å². The van der Waals surface area contributed by atoms with Crippen LogP contribution in [0.2, 0.25) is 0 Å². The van der Waals surface area contributed by atoms with Gasteiger partial charge in [-0.1, -0.05) is 0 Å². The van der Waals surface area contributed by atoms with E-state index in [1.54, 1.807) is 24.5 Å². The van der Waals surface area contributed by atoms with E-state index in [4.69, 9.17) is 4.74 Å². The molecule has 0 atom stereocenters. The largest absolute Gasteiger partial charge is 0.481 e. The predicted molar refractivity (Wildman–Crippen MR) is 72.4 cm³/mol. The molecule has 0 spiro atoms. The van der Waals surface area contributed by atoms with Crippen molar-refractivity contribution >= 4 is 17.2 Å². The Kier molecular flexibility index (Phi) is 4.09. The van der Waals surface area contributed by atoms with Crippen LogP contribution in [0.25, 0.3) is 0 Å². The van der Waals surface area contributed by atoms with Gasteiger partial charge >= 0.3 is 0 Å². The molecule has 0 radical (unpaired) electrons. The molecule has 0 saturated heterocycles. The molecular weight excluding hydrogens is 248 g/mol. The molecule has 2 aromatic heterocycles. The molecule has 0 fully saturated rings. The highest BCUT2D eigenvalue weighted by atomic mass is 32.1. The van der Waals surface area contributed by atoms with Crippen LogP contribution in [0.4, 0.5) is 5.82 Å². The monoisotopic (exact) mass is 264 g/mol. The van der Waals surface area contributed by atoms with Crippen molar-refractivity contribution in [2.75, 3.05) is 19.0 Å². The molecule has 0 amide bonds. The Bertz CT molecular complexity index is 527. The molecule has 0 saturated carbocycles. The number of hydrogen-bond acceptors (Lipinski definition) is 6. The molecule has 1 N–H and O–H groups in total. The Hall–Kier alpha value is -1.69. The van der Waals surface area contributed by atoms with Crippen molar-refractivity contribution in [2.24, 2.45) is 0 Å². The maximum atomic E-state index is 5.10. The van der Waals surface area contributed by atoms with Crippen LogP contribution in [0.3, 0.4) is 0 Å². The highest BCUT2D eigenvalue weighted by Gasteiger charge is 2.02. The van der Waals surface area contributed by atoms with E-state index in [9.17, 15) is 0 Å². The van der Waals surface area contributed by atoms with Crippen molar-refractivity contribution in [3.8, 4) is 5.88 Å². The minimum Gasteiger partial charge on any atom is -0.481 e. The van der Waals surface area contributed by atoms with Crippen LogP contribution in [0.5, 0.6) is 5.88 Å². The molecule has 0 unspecified atom stereocenters. The summed E-state index contributed by atoms with van der Waals surface area (Å²) in [7, 11) is 1.60. The second kappa shape index (κ2) is 5.77. The Morgan fingerprint density at radius 1 is 1.28 bits per heavy atom. The van der Waals surface area contributed by atoms with Gasteiger partial charge in [0.15, 0.2) is 0 Å². The fourth-order valence-electron chi connectivity index (χ4n) is 1.55. The second-order valence-corrected chi connectivity index (χ2v) is 4.84. The normalized spacial score (nSPS) is 10.4. The summed E-state index contributed by atoms with van der Waals surface area (Å²) in [6, 6.07) is 1.79. The highest BCUT2D eigenvalue weighted by molar-refractivity contribution is 7.09. The molecular formula is C12H16N4OS. The van der Waals surface area contributed by atoms with Crippen LogP contribution >= 0.6 is 11.3 Å². The summed E-state index contributed by atoms with van der Waals surface area (Å²) in [5.41, 5.74) is 1.08. The van der Waals surface area contributed by atoms with Crippen molar-refractivity contribution in [1.82, 2.24) is 15.0 Å². The average molecular weight is 264 g/mol. The SMILES string of the molecule is COc1cc(NCCc2nc(C)cs2)nc(C)n1. The van der Waals surface area contributed by atoms with Crippen LogP contribution in [0.15, 0.2) is 11.4 Å². The lowest BCUT2D eigenvalue weighted by Crippen LogP contribution is -2.07. The third-order valence-electron chi connectivity index (χ3n) is 2.34. The zero-order chi connectivity index (χ0) is 13.0. The van der Waals surface area contributed by atoms with Gasteiger partial charge in [0, 0.05) is 30.1 Å². The lowest BCUT2D eigenvalue weighted by Gasteiger charge is -2.06. The molecule has 0 aliphatic heterocycles. The molecule has 6 heteroatoms. The Morgan fingerprint density at radius 2 is 2.11 bits per heavy atom. The van der Waals surface area contributed by atoms with Gasteiger partial charge in [0.2, 0.25) is 5.88 Å². The standard InChI is InChI=1S/C12H16N4OS/c1-8-7-18-12(14-8)4-5-13-10-6-11(17-3)16-9(2)15-10/h6-7H,4-5H2,1-3H3,(H,13,15,16). The van der Waals surface area contributed by atoms with E-state index in [0.717, 1.165) is 29.5 Å². The zero-order valence-corrected chi connectivity index (χ0v) is 11.5. The molecule has 2 heterocycles. The first kappa shape index (κ1) is 12.8. The number of methoxy groups -OCH3 is 1. The molecule has 2 rings (SSSR count). The predicted octanol–water partition coefficient (Wildman–Crippen LogP) is 2.21.